The Labute approximate surface area is 163 Å². The molecular formula is C20H29N3O5. The third-order valence-electron chi connectivity index (χ3n) is 7.66. The number of hydrogen-bond donors (Lipinski definition) is 3. The number of H-pyrrole nitrogens is 1. The molecular weight excluding hydrogens is 362 g/mol. The summed E-state index contributed by atoms with van der Waals surface area (Å²) < 4.78 is 7.30. The van der Waals surface area contributed by atoms with Crippen LogP contribution in [-0.2, 0) is 4.74 Å². The Balaban J connectivity index is 1.39. The van der Waals surface area contributed by atoms with E-state index in [4.69, 9.17) is 4.74 Å². The van der Waals surface area contributed by atoms with Crippen molar-refractivity contribution < 1.29 is 15.1 Å². The molecule has 0 amide bonds. The van der Waals surface area contributed by atoms with Crippen LogP contribution in [0.15, 0.2) is 15.8 Å². The molecule has 28 heavy (non-hydrogen) atoms. The summed E-state index contributed by atoms with van der Waals surface area (Å²) in [6.07, 6.45) is 6.82. The smallest absolute Gasteiger partial charge is 0.330 e. The largest absolute Gasteiger partial charge is 0.394 e. The Hall–Kier alpha value is -1.48. The predicted molar refractivity (Wildman–Crippen MR) is 99.9 cm³/mol. The van der Waals surface area contributed by atoms with Gasteiger partial charge in [-0.25, -0.2) is 4.79 Å². The lowest BCUT2D eigenvalue weighted by molar-refractivity contribution is -0.228. The van der Waals surface area contributed by atoms with Crippen LogP contribution in [0.3, 0.4) is 0 Å². The van der Waals surface area contributed by atoms with Gasteiger partial charge in [0.05, 0.1) is 12.6 Å². The summed E-state index contributed by atoms with van der Waals surface area (Å²) in [6, 6.07) is -0.250. The highest BCUT2D eigenvalue weighted by Crippen LogP contribution is 2.55. The van der Waals surface area contributed by atoms with E-state index in [0.717, 1.165) is 11.8 Å². The second kappa shape index (κ2) is 6.79. The highest BCUT2D eigenvalue weighted by Gasteiger charge is 2.53. The van der Waals surface area contributed by atoms with Gasteiger partial charge in [-0.3, -0.25) is 14.3 Å². The fraction of sp³-hybridized carbons (Fsp3) is 0.800. The zero-order valence-electron chi connectivity index (χ0n) is 16.2. The molecule has 8 nitrogen and oxygen atoms in total. The lowest BCUT2D eigenvalue weighted by Crippen LogP contribution is -2.58. The molecule has 0 radical (unpaired) electrons. The number of aromatic amines is 1. The normalized spacial score (nSPS) is 41.9. The molecule has 6 rings (SSSR count). The monoisotopic (exact) mass is 391 g/mol. The van der Waals surface area contributed by atoms with Gasteiger partial charge in [-0.1, -0.05) is 0 Å². The van der Waals surface area contributed by atoms with E-state index in [-0.39, 0.29) is 18.7 Å². The second-order valence-corrected chi connectivity index (χ2v) is 9.39. The molecule has 5 aliphatic rings. The number of nitrogens with zero attached hydrogens (tertiary/aromatic N) is 2. The fourth-order valence-electron chi connectivity index (χ4n) is 6.68. The first kappa shape index (κ1) is 18.5. The van der Waals surface area contributed by atoms with Crippen LogP contribution in [0.5, 0.6) is 0 Å². The predicted octanol–water partition coefficient (Wildman–Crippen LogP) is 1.01. The molecule has 3 N–H and O–H groups in total. The number of rotatable bonds is 4. The van der Waals surface area contributed by atoms with Crippen molar-refractivity contribution in [3.8, 4) is 0 Å². The molecule has 2 heterocycles. The van der Waals surface area contributed by atoms with Crippen molar-refractivity contribution in [3.63, 3.8) is 0 Å². The van der Waals surface area contributed by atoms with E-state index in [1.807, 2.05) is 0 Å². The molecule has 4 saturated carbocycles. The molecule has 0 aromatic carbocycles. The third-order valence-corrected chi connectivity index (χ3v) is 7.66. The van der Waals surface area contributed by atoms with Gasteiger partial charge in [0.25, 0.3) is 5.56 Å². The van der Waals surface area contributed by atoms with Crippen molar-refractivity contribution in [2.75, 3.05) is 6.61 Å². The summed E-state index contributed by atoms with van der Waals surface area (Å²) in [6.45, 7) is 1.42. The molecule has 1 aromatic heterocycles. The van der Waals surface area contributed by atoms with E-state index < -0.39 is 23.6 Å². The number of aromatic nitrogens is 2. The highest BCUT2D eigenvalue weighted by atomic mass is 16.6. The zero-order chi connectivity index (χ0) is 19.6. The summed E-state index contributed by atoms with van der Waals surface area (Å²) >= 11 is 0. The zero-order valence-corrected chi connectivity index (χ0v) is 16.2. The number of nitrogens with one attached hydrogen (secondary N) is 1. The number of aryl methyl sites for hydroxylation is 1. The van der Waals surface area contributed by atoms with Gasteiger partial charge >= 0.3 is 5.69 Å². The number of ether oxygens (including phenoxy) is 1. The van der Waals surface area contributed by atoms with Crippen LogP contribution in [0.1, 0.15) is 50.3 Å². The minimum Gasteiger partial charge on any atom is -0.394 e. The minimum atomic E-state index is -0.614. The SMILES string of the molecule is Cc1cn([C@H]2C[C@@H](N(O)C3C4CC5CC(C4)CC3C5)[C@@H](CO)O2)c(=O)[nH]c1=O. The summed E-state index contributed by atoms with van der Waals surface area (Å²) in [5.41, 5.74) is -0.516. The molecule has 8 heteroatoms. The number of hydroxylamine groups is 2. The van der Waals surface area contributed by atoms with Gasteiger partial charge in [-0.15, -0.1) is 0 Å². The van der Waals surface area contributed by atoms with Crippen molar-refractivity contribution in [2.24, 2.45) is 23.7 Å². The van der Waals surface area contributed by atoms with Gasteiger partial charge in [0.2, 0.25) is 0 Å². The average Bonchev–Trinajstić information content (AvgIpc) is 3.08. The maximum atomic E-state index is 12.2. The first-order valence-electron chi connectivity index (χ1n) is 10.5. The molecule has 4 aliphatic carbocycles. The first-order valence-corrected chi connectivity index (χ1v) is 10.5. The Bertz CT molecular complexity index is 836. The fourth-order valence-corrected chi connectivity index (χ4v) is 6.68. The lowest BCUT2D eigenvalue weighted by atomic mass is 9.54. The Morgan fingerprint density at radius 2 is 1.79 bits per heavy atom. The van der Waals surface area contributed by atoms with E-state index in [2.05, 4.69) is 4.98 Å². The van der Waals surface area contributed by atoms with Crippen molar-refractivity contribution >= 4 is 0 Å². The van der Waals surface area contributed by atoms with Crippen molar-refractivity contribution in [1.29, 1.82) is 0 Å². The lowest BCUT2D eigenvalue weighted by Gasteiger charge is -2.56. The maximum absolute atomic E-state index is 12.2. The van der Waals surface area contributed by atoms with Gasteiger partial charge < -0.3 is 15.1 Å². The Kier molecular flexibility index (Phi) is 4.50. The number of aliphatic hydroxyl groups is 1. The van der Waals surface area contributed by atoms with Crippen molar-refractivity contribution in [3.05, 3.63) is 32.6 Å². The first-order chi connectivity index (χ1) is 13.4. The summed E-state index contributed by atoms with van der Waals surface area (Å²) in [5.74, 6) is 2.66. The van der Waals surface area contributed by atoms with Gasteiger partial charge in [-0.2, -0.15) is 5.06 Å². The molecule has 5 fully saturated rings. The second-order valence-electron chi connectivity index (χ2n) is 9.39. The van der Waals surface area contributed by atoms with Crippen LogP contribution in [0.25, 0.3) is 0 Å². The third kappa shape index (κ3) is 2.89. The van der Waals surface area contributed by atoms with Crippen LogP contribution >= 0.6 is 0 Å². The Morgan fingerprint density at radius 3 is 2.39 bits per heavy atom. The molecule has 1 saturated heterocycles. The van der Waals surface area contributed by atoms with E-state index in [1.165, 1.54) is 47.9 Å². The maximum Gasteiger partial charge on any atom is 0.330 e. The van der Waals surface area contributed by atoms with Gasteiger partial charge in [0.1, 0.15) is 12.3 Å². The van der Waals surface area contributed by atoms with Crippen molar-refractivity contribution in [2.45, 2.75) is 69.9 Å². The summed E-state index contributed by atoms with van der Waals surface area (Å²) in [5, 5.41) is 22.5. The van der Waals surface area contributed by atoms with Crippen LogP contribution in [0.2, 0.25) is 0 Å². The van der Waals surface area contributed by atoms with E-state index in [9.17, 15) is 19.9 Å². The highest BCUT2D eigenvalue weighted by molar-refractivity contribution is 5.05. The Morgan fingerprint density at radius 1 is 1.14 bits per heavy atom. The topological polar surface area (TPSA) is 108 Å². The van der Waals surface area contributed by atoms with Crippen molar-refractivity contribution in [1.82, 2.24) is 14.6 Å². The van der Waals surface area contributed by atoms with Gasteiger partial charge in [0, 0.05) is 24.2 Å². The molecule has 0 spiro atoms. The molecule has 4 bridgehead atoms. The standard InChI is InChI=1S/C20H29N3O5/c1-10-8-22(20(26)21-19(10)25)17-7-15(16(9-24)28-17)23(27)18-13-3-11-2-12(5-13)6-14(18)4-11/h8,11-18,24,27H,2-7,9H2,1H3,(H,21,25,26)/t11?,12?,13?,14?,15-,16-,17-,18?/m1/s1. The van der Waals surface area contributed by atoms with Crippen LogP contribution in [0, 0.1) is 30.6 Å². The van der Waals surface area contributed by atoms with Crippen LogP contribution < -0.4 is 11.2 Å². The molecule has 1 aromatic rings. The summed E-state index contributed by atoms with van der Waals surface area (Å²) in [7, 11) is 0. The molecule has 1 aliphatic heterocycles. The summed E-state index contributed by atoms with van der Waals surface area (Å²) in [4.78, 5) is 26.2. The molecule has 0 unspecified atom stereocenters. The van der Waals surface area contributed by atoms with E-state index in [1.54, 1.807) is 6.92 Å². The number of aliphatic hydroxyl groups excluding tert-OH is 1. The van der Waals surface area contributed by atoms with Gasteiger partial charge in [0.15, 0.2) is 0 Å². The average molecular weight is 391 g/mol. The van der Waals surface area contributed by atoms with Crippen LogP contribution in [0.4, 0.5) is 0 Å². The number of hydrogen-bond acceptors (Lipinski definition) is 6. The molecule has 154 valence electrons. The van der Waals surface area contributed by atoms with E-state index >= 15 is 0 Å². The van der Waals surface area contributed by atoms with Crippen LogP contribution in [-0.4, -0.2) is 49.7 Å². The molecule has 3 atom stereocenters. The quantitative estimate of drug-likeness (QED) is 0.661. The minimum absolute atomic E-state index is 0.114. The van der Waals surface area contributed by atoms with Gasteiger partial charge in [-0.05, 0) is 62.7 Å². The van der Waals surface area contributed by atoms with E-state index in [0.29, 0.717) is 23.8 Å².